The highest BCUT2D eigenvalue weighted by molar-refractivity contribution is 5.76. The van der Waals surface area contributed by atoms with Gasteiger partial charge in [-0.1, -0.05) is 91.0 Å². The summed E-state index contributed by atoms with van der Waals surface area (Å²) in [5.74, 6) is 0.268. The molecular weight excluding hydrogens is 356 g/mol. The van der Waals surface area contributed by atoms with Crippen molar-refractivity contribution in [3.63, 3.8) is 0 Å². The zero-order valence-electron chi connectivity index (χ0n) is 16.8. The van der Waals surface area contributed by atoms with Gasteiger partial charge < -0.3 is 4.90 Å². The van der Waals surface area contributed by atoms with Gasteiger partial charge in [0.2, 0.25) is 5.91 Å². The Labute approximate surface area is 173 Å². The van der Waals surface area contributed by atoms with E-state index in [-0.39, 0.29) is 11.9 Å². The molecule has 1 heterocycles. The van der Waals surface area contributed by atoms with Gasteiger partial charge in [-0.3, -0.25) is 9.69 Å². The monoisotopic (exact) mass is 384 g/mol. The molecule has 0 saturated carbocycles. The Morgan fingerprint density at radius 1 is 0.690 bits per heavy atom. The van der Waals surface area contributed by atoms with E-state index in [0.29, 0.717) is 6.42 Å². The average molecular weight is 385 g/mol. The van der Waals surface area contributed by atoms with E-state index in [1.54, 1.807) is 0 Å². The highest BCUT2D eigenvalue weighted by atomic mass is 16.2. The first kappa shape index (κ1) is 19.4. The summed E-state index contributed by atoms with van der Waals surface area (Å²) in [6, 6.07) is 31.9. The molecule has 3 nitrogen and oxygen atoms in total. The number of hydrogen-bond donors (Lipinski definition) is 0. The van der Waals surface area contributed by atoms with Gasteiger partial charge in [-0.05, 0) is 23.1 Å². The predicted molar refractivity (Wildman–Crippen MR) is 118 cm³/mol. The van der Waals surface area contributed by atoms with Crippen molar-refractivity contribution in [1.29, 1.82) is 0 Å². The fraction of sp³-hybridized carbons (Fsp3) is 0.269. The van der Waals surface area contributed by atoms with Crippen molar-refractivity contribution >= 4 is 5.91 Å². The van der Waals surface area contributed by atoms with E-state index in [1.165, 1.54) is 16.7 Å². The lowest BCUT2D eigenvalue weighted by Gasteiger charge is -2.40. The number of aryl methyl sites for hydroxylation is 1. The van der Waals surface area contributed by atoms with Crippen LogP contribution in [-0.4, -0.2) is 41.9 Å². The minimum Gasteiger partial charge on any atom is -0.340 e. The lowest BCUT2D eigenvalue weighted by molar-refractivity contribution is -0.133. The van der Waals surface area contributed by atoms with E-state index in [0.717, 1.165) is 32.6 Å². The third-order valence-electron chi connectivity index (χ3n) is 5.73. The van der Waals surface area contributed by atoms with Crippen LogP contribution in [-0.2, 0) is 11.2 Å². The van der Waals surface area contributed by atoms with Crippen LogP contribution in [0.5, 0.6) is 0 Å². The second-order valence-corrected chi connectivity index (χ2v) is 7.63. The Balaban J connectivity index is 1.40. The Hall–Kier alpha value is -2.91. The first-order valence-electron chi connectivity index (χ1n) is 10.5. The van der Waals surface area contributed by atoms with Gasteiger partial charge >= 0.3 is 0 Å². The maximum absolute atomic E-state index is 12.7. The zero-order valence-corrected chi connectivity index (χ0v) is 16.8. The number of carbonyl (C=O) groups excluding carboxylic acids is 1. The minimum atomic E-state index is 0.235. The molecule has 1 saturated heterocycles. The van der Waals surface area contributed by atoms with Crippen LogP contribution in [0, 0.1) is 0 Å². The van der Waals surface area contributed by atoms with Crippen molar-refractivity contribution in [2.45, 2.75) is 18.9 Å². The normalized spacial score (nSPS) is 14.9. The van der Waals surface area contributed by atoms with Gasteiger partial charge in [0.25, 0.3) is 0 Å². The molecule has 3 aromatic carbocycles. The highest BCUT2D eigenvalue weighted by Gasteiger charge is 2.27. The van der Waals surface area contributed by atoms with Gasteiger partial charge in [-0.2, -0.15) is 0 Å². The number of rotatable bonds is 6. The van der Waals surface area contributed by atoms with Gasteiger partial charge in [0, 0.05) is 32.6 Å². The molecule has 1 aliphatic rings. The Morgan fingerprint density at radius 2 is 1.17 bits per heavy atom. The SMILES string of the molecule is O=C(CCc1ccccc1)N1CCN(C(c2ccccc2)c2ccccc2)CC1. The van der Waals surface area contributed by atoms with Crippen LogP contribution in [0.2, 0.25) is 0 Å². The Bertz CT molecular complexity index is 848. The van der Waals surface area contributed by atoms with E-state index in [4.69, 9.17) is 0 Å². The first-order chi connectivity index (χ1) is 14.3. The third kappa shape index (κ3) is 4.93. The molecule has 4 rings (SSSR count). The lowest BCUT2D eigenvalue weighted by atomic mass is 9.96. The second kappa shape index (κ2) is 9.53. The summed E-state index contributed by atoms with van der Waals surface area (Å²) < 4.78 is 0. The summed E-state index contributed by atoms with van der Waals surface area (Å²) in [7, 11) is 0. The fourth-order valence-corrected chi connectivity index (χ4v) is 4.17. The molecule has 3 heteroatoms. The predicted octanol–water partition coefficient (Wildman–Crippen LogP) is 4.55. The Morgan fingerprint density at radius 3 is 1.69 bits per heavy atom. The van der Waals surface area contributed by atoms with Crippen molar-refractivity contribution < 1.29 is 4.79 Å². The highest BCUT2D eigenvalue weighted by Crippen LogP contribution is 2.29. The maximum atomic E-state index is 12.7. The molecule has 1 amide bonds. The Kier molecular flexibility index (Phi) is 6.38. The zero-order chi connectivity index (χ0) is 19.9. The number of hydrogen-bond acceptors (Lipinski definition) is 2. The molecule has 0 N–H and O–H groups in total. The van der Waals surface area contributed by atoms with Crippen LogP contribution in [0.25, 0.3) is 0 Å². The smallest absolute Gasteiger partial charge is 0.222 e. The van der Waals surface area contributed by atoms with Gasteiger partial charge in [-0.25, -0.2) is 0 Å². The van der Waals surface area contributed by atoms with E-state index < -0.39 is 0 Å². The molecular formula is C26H28N2O. The van der Waals surface area contributed by atoms with E-state index in [9.17, 15) is 4.79 Å². The van der Waals surface area contributed by atoms with Crippen molar-refractivity contribution in [2.24, 2.45) is 0 Å². The molecule has 1 fully saturated rings. The molecule has 148 valence electrons. The van der Waals surface area contributed by atoms with Crippen molar-refractivity contribution in [2.75, 3.05) is 26.2 Å². The van der Waals surface area contributed by atoms with E-state index in [1.807, 2.05) is 23.1 Å². The molecule has 0 unspecified atom stereocenters. The van der Waals surface area contributed by atoms with Gasteiger partial charge in [0.15, 0.2) is 0 Å². The molecule has 0 radical (unpaired) electrons. The molecule has 0 aromatic heterocycles. The third-order valence-corrected chi connectivity index (χ3v) is 5.73. The van der Waals surface area contributed by atoms with Crippen LogP contribution in [0.3, 0.4) is 0 Å². The molecule has 0 atom stereocenters. The maximum Gasteiger partial charge on any atom is 0.222 e. The summed E-state index contributed by atoms with van der Waals surface area (Å²) in [5.41, 5.74) is 3.85. The molecule has 29 heavy (non-hydrogen) atoms. The standard InChI is InChI=1S/C26H28N2O/c29-25(17-16-22-10-4-1-5-11-22)27-18-20-28(21-19-27)26(23-12-6-2-7-13-23)24-14-8-3-9-15-24/h1-15,26H,16-21H2. The largest absolute Gasteiger partial charge is 0.340 e. The summed E-state index contributed by atoms with van der Waals surface area (Å²) in [5, 5.41) is 0. The van der Waals surface area contributed by atoms with E-state index >= 15 is 0 Å². The van der Waals surface area contributed by atoms with Crippen LogP contribution >= 0.6 is 0 Å². The lowest BCUT2D eigenvalue weighted by Crippen LogP contribution is -2.49. The summed E-state index contributed by atoms with van der Waals surface area (Å²) in [6.07, 6.45) is 1.40. The van der Waals surface area contributed by atoms with Crippen molar-refractivity contribution in [1.82, 2.24) is 9.80 Å². The van der Waals surface area contributed by atoms with Crippen molar-refractivity contribution in [3.8, 4) is 0 Å². The van der Waals surface area contributed by atoms with Crippen LogP contribution in [0.15, 0.2) is 91.0 Å². The second-order valence-electron chi connectivity index (χ2n) is 7.63. The van der Waals surface area contributed by atoms with E-state index in [2.05, 4.69) is 77.7 Å². The van der Waals surface area contributed by atoms with Crippen molar-refractivity contribution in [3.05, 3.63) is 108 Å². The number of amides is 1. The van der Waals surface area contributed by atoms with Gasteiger partial charge in [-0.15, -0.1) is 0 Å². The quantitative estimate of drug-likeness (QED) is 0.622. The van der Waals surface area contributed by atoms with Crippen LogP contribution < -0.4 is 0 Å². The summed E-state index contributed by atoms with van der Waals surface area (Å²) >= 11 is 0. The first-order valence-corrected chi connectivity index (χ1v) is 10.5. The van der Waals surface area contributed by atoms with Crippen LogP contribution in [0.4, 0.5) is 0 Å². The molecule has 1 aliphatic heterocycles. The minimum absolute atomic E-state index is 0.235. The number of carbonyl (C=O) groups is 1. The fourth-order valence-electron chi connectivity index (χ4n) is 4.17. The van der Waals surface area contributed by atoms with Gasteiger partial charge in [0.1, 0.15) is 0 Å². The number of nitrogens with zero attached hydrogens (tertiary/aromatic N) is 2. The molecule has 0 aliphatic carbocycles. The topological polar surface area (TPSA) is 23.6 Å². The summed E-state index contributed by atoms with van der Waals surface area (Å²) in [4.78, 5) is 17.2. The van der Waals surface area contributed by atoms with Gasteiger partial charge in [0.05, 0.1) is 6.04 Å². The number of benzene rings is 3. The molecule has 3 aromatic rings. The number of piperazine rings is 1. The molecule has 0 bridgehead atoms. The summed E-state index contributed by atoms with van der Waals surface area (Å²) in [6.45, 7) is 3.38. The average Bonchev–Trinajstić information content (AvgIpc) is 2.80. The van der Waals surface area contributed by atoms with Crippen LogP contribution in [0.1, 0.15) is 29.2 Å². The molecule has 0 spiro atoms.